The van der Waals surface area contributed by atoms with Gasteiger partial charge >= 0.3 is 0 Å². The predicted octanol–water partition coefficient (Wildman–Crippen LogP) is 4.44. The summed E-state index contributed by atoms with van der Waals surface area (Å²) in [7, 11) is 1.60. The molecule has 5 nitrogen and oxygen atoms in total. The van der Waals surface area contributed by atoms with E-state index in [9.17, 15) is 0 Å². The van der Waals surface area contributed by atoms with Crippen LogP contribution in [0.2, 0.25) is 5.02 Å². The summed E-state index contributed by atoms with van der Waals surface area (Å²) in [6.45, 7) is 1.81. The lowest BCUT2D eigenvalue weighted by Gasteiger charge is -2.29. The Morgan fingerprint density at radius 2 is 1.92 bits per heavy atom. The van der Waals surface area contributed by atoms with Gasteiger partial charge in [-0.3, -0.25) is 0 Å². The van der Waals surface area contributed by atoms with Gasteiger partial charge in [-0.2, -0.15) is 0 Å². The Morgan fingerprint density at radius 1 is 1.08 bits per heavy atom. The minimum absolute atomic E-state index is 0.555. The molecule has 1 aliphatic rings. The van der Waals surface area contributed by atoms with E-state index in [0.29, 0.717) is 10.8 Å². The van der Waals surface area contributed by atoms with Crippen LogP contribution in [-0.4, -0.2) is 23.6 Å². The summed E-state index contributed by atoms with van der Waals surface area (Å²) in [4.78, 5) is 11.0. The number of ether oxygens (including phenoxy) is 1. The minimum atomic E-state index is 0.555. The molecule has 0 radical (unpaired) electrons. The molecular formula is C20H19ClN4O. The van der Waals surface area contributed by atoms with Crippen LogP contribution in [0.5, 0.6) is 5.75 Å². The molecule has 26 heavy (non-hydrogen) atoms. The van der Waals surface area contributed by atoms with Crippen molar-refractivity contribution in [2.45, 2.75) is 13.0 Å². The van der Waals surface area contributed by atoms with Gasteiger partial charge in [-0.25, -0.2) is 9.97 Å². The van der Waals surface area contributed by atoms with Crippen LogP contribution in [0.3, 0.4) is 0 Å². The van der Waals surface area contributed by atoms with E-state index in [1.165, 1.54) is 11.1 Å². The van der Waals surface area contributed by atoms with Crippen molar-refractivity contribution >= 4 is 28.9 Å². The fraction of sp³-hybridized carbons (Fsp3) is 0.200. The molecule has 0 spiro atoms. The lowest BCUT2D eigenvalue weighted by molar-refractivity contribution is 0.415. The van der Waals surface area contributed by atoms with Crippen LogP contribution in [0.4, 0.5) is 17.3 Å². The number of hydrogen-bond donors (Lipinski definition) is 1. The zero-order chi connectivity index (χ0) is 17.9. The summed E-state index contributed by atoms with van der Waals surface area (Å²) < 4.78 is 5.19. The van der Waals surface area contributed by atoms with E-state index in [1.807, 2.05) is 24.3 Å². The third-order valence-electron chi connectivity index (χ3n) is 4.53. The topological polar surface area (TPSA) is 50.3 Å². The molecule has 132 valence electrons. The predicted molar refractivity (Wildman–Crippen MR) is 105 cm³/mol. The maximum absolute atomic E-state index is 6.19. The first-order chi connectivity index (χ1) is 12.7. The van der Waals surface area contributed by atoms with Crippen molar-refractivity contribution in [1.29, 1.82) is 0 Å². The summed E-state index contributed by atoms with van der Waals surface area (Å²) in [5.41, 5.74) is 3.63. The molecule has 0 saturated carbocycles. The van der Waals surface area contributed by atoms with Gasteiger partial charge in [0.15, 0.2) is 0 Å². The second-order valence-electron chi connectivity index (χ2n) is 6.18. The molecule has 1 N–H and O–H groups in total. The van der Waals surface area contributed by atoms with Crippen molar-refractivity contribution in [3.63, 3.8) is 0 Å². The number of halogens is 1. The van der Waals surface area contributed by atoms with Gasteiger partial charge in [0.25, 0.3) is 0 Å². The van der Waals surface area contributed by atoms with Gasteiger partial charge in [0.05, 0.1) is 12.1 Å². The fourth-order valence-corrected chi connectivity index (χ4v) is 3.43. The highest BCUT2D eigenvalue weighted by Crippen LogP contribution is 2.29. The fourth-order valence-electron chi connectivity index (χ4n) is 3.17. The van der Waals surface area contributed by atoms with E-state index in [-0.39, 0.29) is 0 Å². The van der Waals surface area contributed by atoms with Crippen molar-refractivity contribution in [3.8, 4) is 5.75 Å². The molecule has 0 bridgehead atoms. The molecule has 3 aromatic rings. The van der Waals surface area contributed by atoms with Crippen molar-refractivity contribution in [1.82, 2.24) is 9.97 Å². The van der Waals surface area contributed by atoms with E-state index in [0.717, 1.165) is 36.8 Å². The number of fused-ring (bicyclic) bond motifs is 1. The molecule has 6 heteroatoms. The quantitative estimate of drug-likeness (QED) is 0.739. The normalized spacial score (nSPS) is 13.2. The Balaban J connectivity index is 1.53. The number of rotatable bonds is 4. The van der Waals surface area contributed by atoms with Crippen LogP contribution in [-0.2, 0) is 13.0 Å². The Morgan fingerprint density at radius 3 is 2.73 bits per heavy atom. The van der Waals surface area contributed by atoms with E-state index >= 15 is 0 Å². The first kappa shape index (κ1) is 16.7. The molecule has 1 aromatic heterocycles. The SMILES string of the molecule is COc1ccc(Nc2cc(N3CCc4ccccc4C3)ncn2)cc1Cl. The molecule has 2 aromatic carbocycles. The zero-order valence-electron chi connectivity index (χ0n) is 14.4. The first-order valence-electron chi connectivity index (χ1n) is 8.47. The number of anilines is 3. The molecule has 1 aliphatic heterocycles. The number of nitrogens with one attached hydrogen (secondary N) is 1. The average molecular weight is 367 g/mol. The van der Waals surface area contributed by atoms with Crippen molar-refractivity contribution < 1.29 is 4.74 Å². The number of nitrogens with zero attached hydrogens (tertiary/aromatic N) is 3. The van der Waals surface area contributed by atoms with Crippen LogP contribution >= 0.6 is 11.6 Å². The molecule has 0 saturated heterocycles. The van der Waals surface area contributed by atoms with Gasteiger partial charge < -0.3 is 15.0 Å². The summed E-state index contributed by atoms with van der Waals surface area (Å²) >= 11 is 6.19. The van der Waals surface area contributed by atoms with Gasteiger partial charge in [-0.15, -0.1) is 0 Å². The lowest BCUT2D eigenvalue weighted by Crippen LogP contribution is -2.31. The molecule has 0 aliphatic carbocycles. The van der Waals surface area contributed by atoms with E-state index in [4.69, 9.17) is 16.3 Å². The van der Waals surface area contributed by atoms with Crippen LogP contribution < -0.4 is 15.0 Å². The van der Waals surface area contributed by atoms with E-state index in [2.05, 4.69) is 44.5 Å². The lowest BCUT2D eigenvalue weighted by atomic mass is 10.00. The number of hydrogen-bond acceptors (Lipinski definition) is 5. The second kappa shape index (κ2) is 7.22. The number of methoxy groups -OCH3 is 1. The minimum Gasteiger partial charge on any atom is -0.495 e. The zero-order valence-corrected chi connectivity index (χ0v) is 15.2. The highest BCUT2D eigenvalue weighted by molar-refractivity contribution is 6.32. The Kier molecular flexibility index (Phi) is 4.63. The second-order valence-corrected chi connectivity index (χ2v) is 6.58. The van der Waals surface area contributed by atoms with Crippen LogP contribution in [0.15, 0.2) is 54.9 Å². The number of benzene rings is 2. The third-order valence-corrected chi connectivity index (χ3v) is 4.83. The smallest absolute Gasteiger partial charge is 0.137 e. The van der Waals surface area contributed by atoms with E-state index in [1.54, 1.807) is 13.4 Å². The summed E-state index contributed by atoms with van der Waals surface area (Å²) in [6.07, 6.45) is 2.61. The summed E-state index contributed by atoms with van der Waals surface area (Å²) in [6, 6.07) is 16.1. The molecule has 2 heterocycles. The Labute approximate surface area is 157 Å². The Hall–Kier alpha value is -2.79. The van der Waals surface area contributed by atoms with Gasteiger partial charge in [0.2, 0.25) is 0 Å². The van der Waals surface area contributed by atoms with Gasteiger partial charge in [-0.05, 0) is 35.7 Å². The standard InChI is InChI=1S/C20H19ClN4O/c1-26-18-7-6-16(10-17(18)21)24-19-11-20(23-13-22-19)25-9-8-14-4-2-3-5-15(14)12-25/h2-7,10-11,13H,8-9,12H2,1H3,(H,22,23,24). The summed E-state index contributed by atoms with van der Waals surface area (Å²) in [5, 5.41) is 3.83. The molecule has 0 amide bonds. The van der Waals surface area contributed by atoms with Gasteiger partial charge in [0, 0.05) is 24.8 Å². The monoisotopic (exact) mass is 366 g/mol. The largest absolute Gasteiger partial charge is 0.495 e. The maximum Gasteiger partial charge on any atom is 0.137 e. The van der Waals surface area contributed by atoms with Crippen LogP contribution in [0.1, 0.15) is 11.1 Å². The first-order valence-corrected chi connectivity index (χ1v) is 8.85. The highest BCUT2D eigenvalue weighted by atomic mass is 35.5. The van der Waals surface area contributed by atoms with Gasteiger partial charge in [-0.1, -0.05) is 35.9 Å². The Bertz CT molecular complexity index is 931. The highest BCUT2D eigenvalue weighted by Gasteiger charge is 2.17. The molecular weight excluding hydrogens is 348 g/mol. The van der Waals surface area contributed by atoms with Gasteiger partial charge in [0.1, 0.15) is 23.7 Å². The molecule has 0 fully saturated rings. The van der Waals surface area contributed by atoms with Crippen molar-refractivity contribution in [3.05, 3.63) is 71.0 Å². The molecule has 4 rings (SSSR count). The number of aromatic nitrogens is 2. The van der Waals surface area contributed by atoms with Crippen molar-refractivity contribution in [2.24, 2.45) is 0 Å². The van der Waals surface area contributed by atoms with E-state index < -0.39 is 0 Å². The third kappa shape index (κ3) is 3.44. The van der Waals surface area contributed by atoms with Crippen molar-refractivity contribution in [2.75, 3.05) is 23.9 Å². The maximum atomic E-state index is 6.19. The summed E-state index contributed by atoms with van der Waals surface area (Å²) in [5.74, 6) is 2.29. The average Bonchev–Trinajstić information content (AvgIpc) is 2.68. The van der Waals surface area contributed by atoms with Crippen LogP contribution in [0, 0.1) is 0 Å². The molecule has 0 unspecified atom stereocenters. The molecule has 0 atom stereocenters. The van der Waals surface area contributed by atoms with Crippen LogP contribution in [0.25, 0.3) is 0 Å².